The number of primary amides is 1. The topological polar surface area (TPSA) is 79.5 Å². The molecule has 2 heterocycles. The molecule has 2 atom stereocenters. The fourth-order valence-electron chi connectivity index (χ4n) is 3.34. The molecule has 1 amide bonds. The van der Waals surface area contributed by atoms with Gasteiger partial charge in [0.1, 0.15) is 5.69 Å². The van der Waals surface area contributed by atoms with E-state index < -0.39 is 5.91 Å². The van der Waals surface area contributed by atoms with Gasteiger partial charge in [-0.05, 0) is 30.0 Å². The molecular formula is C18H21N3O2. The zero-order valence-electron chi connectivity index (χ0n) is 12.9. The van der Waals surface area contributed by atoms with E-state index in [9.17, 15) is 9.90 Å². The molecule has 1 saturated heterocycles. The maximum absolute atomic E-state index is 11.3. The first-order valence-corrected chi connectivity index (χ1v) is 7.85. The molecule has 5 heteroatoms. The van der Waals surface area contributed by atoms with Gasteiger partial charge >= 0.3 is 0 Å². The van der Waals surface area contributed by atoms with Crippen LogP contribution in [0.5, 0.6) is 0 Å². The van der Waals surface area contributed by atoms with Crippen LogP contribution in [0.1, 0.15) is 28.4 Å². The van der Waals surface area contributed by atoms with Crippen LogP contribution in [0.25, 0.3) is 0 Å². The van der Waals surface area contributed by atoms with Gasteiger partial charge in [0.25, 0.3) is 5.91 Å². The summed E-state index contributed by atoms with van der Waals surface area (Å²) in [5, 5.41) is 9.82. The highest BCUT2D eigenvalue weighted by Crippen LogP contribution is 2.34. The van der Waals surface area contributed by atoms with Crippen LogP contribution in [0.2, 0.25) is 0 Å². The van der Waals surface area contributed by atoms with Crippen molar-refractivity contribution in [2.24, 2.45) is 11.7 Å². The predicted molar refractivity (Wildman–Crippen MR) is 89.3 cm³/mol. The molecule has 1 aliphatic rings. The highest BCUT2D eigenvalue weighted by atomic mass is 16.3. The lowest BCUT2D eigenvalue weighted by molar-refractivity contribution is 0.0995. The molecule has 0 unspecified atom stereocenters. The normalized spacial score (nSPS) is 21.2. The number of pyridine rings is 1. The number of hydrogen-bond donors (Lipinski definition) is 2. The van der Waals surface area contributed by atoms with Crippen molar-refractivity contribution in [3.05, 3.63) is 59.9 Å². The number of piperidine rings is 1. The van der Waals surface area contributed by atoms with Gasteiger partial charge in [-0.3, -0.25) is 9.78 Å². The van der Waals surface area contributed by atoms with E-state index in [0.29, 0.717) is 5.92 Å². The van der Waals surface area contributed by atoms with Crippen LogP contribution in [0.3, 0.4) is 0 Å². The summed E-state index contributed by atoms with van der Waals surface area (Å²) in [5.74, 6) is -0.00373. The molecular weight excluding hydrogens is 290 g/mol. The van der Waals surface area contributed by atoms with Gasteiger partial charge in [-0.2, -0.15) is 0 Å². The van der Waals surface area contributed by atoms with Gasteiger partial charge in [-0.1, -0.05) is 30.3 Å². The fourth-order valence-corrected chi connectivity index (χ4v) is 3.34. The maximum atomic E-state index is 11.3. The molecule has 0 radical (unpaired) electrons. The first kappa shape index (κ1) is 15.5. The van der Waals surface area contributed by atoms with Gasteiger partial charge < -0.3 is 15.7 Å². The van der Waals surface area contributed by atoms with E-state index in [1.54, 1.807) is 12.3 Å². The number of nitrogens with two attached hydrogens (primary N) is 1. The Balaban J connectivity index is 1.79. The highest BCUT2D eigenvalue weighted by Gasteiger charge is 2.30. The molecule has 5 nitrogen and oxygen atoms in total. The average molecular weight is 311 g/mol. The molecule has 0 saturated carbocycles. The number of aliphatic hydroxyl groups is 1. The summed E-state index contributed by atoms with van der Waals surface area (Å²) in [6, 6.07) is 13.9. The number of carbonyl (C=O) groups excluding carboxylic acids is 1. The molecule has 1 aromatic heterocycles. The minimum Gasteiger partial charge on any atom is -0.396 e. The molecule has 1 aromatic carbocycles. The molecule has 0 bridgehead atoms. The van der Waals surface area contributed by atoms with Gasteiger partial charge in [0, 0.05) is 37.5 Å². The van der Waals surface area contributed by atoms with E-state index in [0.717, 1.165) is 25.2 Å². The SMILES string of the molecule is NC(=O)c1cc(N2CC[C@@H](c3ccccc3)[C@@H](CO)C2)ccn1. The molecule has 120 valence electrons. The fraction of sp³-hybridized carbons (Fsp3) is 0.333. The number of benzene rings is 1. The maximum Gasteiger partial charge on any atom is 0.267 e. The zero-order chi connectivity index (χ0) is 16.2. The second-order valence-corrected chi connectivity index (χ2v) is 5.96. The Kier molecular flexibility index (Phi) is 4.57. The lowest BCUT2D eigenvalue weighted by Gasteiger charge is -2.39. The summed E-state index contributed by atoms with van der Waals surface area (Å²) >= 11 is 0. The van der Waals surface area contributed by atoms with Crippen LogP contribution < -0.4 is 10.6 Å². The Morgan fingerprint density at radius 3 is 2.78 bits per heavy atom. The summed E-state index contributed by atoms with van der Waals surface area (Å²) in [6.07, 6.45) is 2.57. The molecule has 0 spiro atoms. The lowest BCUT2D eigenvalue weighted by atomic mass is 9.81. The third kappa shape index (κ3) is 3.35. The van der Waals surface area contributed by atoms with Crippen molar-refractivity contribution in [1.29, 1.82) is 0 Å². The van der Waals surface area contributed by atoms with Crippen LogP contribution in [0.4, 0.5) is 5.69 Å². The molecule has 0 aliphatic carbocycles. The van der Waals surface area contributed by atoms with E-state index in [4.69, 9.17) is 5.73 Å². The Morgan fingerprint density at radius 2 is 2.09 bits per heavy atom. The second kappa shape index (κ2) is 6.79. The first-order chi connectivity index (χ1) is 11.2. The lowest BCUT2D eigenvalue weighted by Crippen LogP contribution is -2.41. The first-order valence-electron chi connectivity index (χ1n) is 7.85. The Bertz CT molecular complexity index is 675. The number of aliphatic hydroxyl groups excluding tert-OH is 1. The van der Waals surface area contributed by atoms with E-state index in [-0.39, 0.29) is 18.2 Å². The quantitative estimate of drug-likeness (QED) is 0.902. The van der Waals surface area contributed by atoms with Crippen LogP contribution in [0, 0.1) is 5.92 Å². The third-order valence-electron chi connectivity index (χ3n) is 4.56. The monoisotopic (exact) mass is 311 g/mol. The van der Waals surface area contributed by atoms with Gasteiger partial charge in [-0.15, -0.1) is 0 Å². The Hall–Kier alpha value is -2.40. The number of hydrogen-bond acceptors (Lipinski definition) is 4. The van der Waals surface area contributed by atoms with Gasteiger partial charge in [-0.25, -0.2) is 0 Å². The number of amides is 1. The van der Waals surface area contributed by atoms with Gasteiger partial charge in [0.2, 0.25) is 0 Å². The summed E-state index contributed by atoms with van der Waals surface area (Å²) in [5.41, 5.74) is 7.78. The summed E-state index contributed by atoms with van der Waals surface area (Å²) in [6.45, 7) is 1.76. The predicted octanol–water partition coefficient (Wildman–Crippen LogP) is 1.78. The minimum atomic E-state index is -0.523. The molecule has 23 heavy (non-hydrogen) atoms. The highest BCUT2D eigenvalue weighted by molar-refractivity contribution is 5.91. The largest absolute Gasteiger partial charge is 0.396 e. The molecule has 2 aromatic rings. The third-order valence-corrected chi connectivity index (χ3v) is 4.56. The average Bonchev–Trinajstić information content (AvgIpc) is 2.62. The van der Waals surface area contributed by atoms with Crippen LogP contribution >= 0.6 is 0 Å². The summed E-state index contributed by atoms with van der Waals surface area (Å²) in [7, 11) is 0. The Morgan fingerprint density at radius 1 is 1.30 bits per heavy atom. The van der Waals surface area contributed by atoms with Crippen molar-refractivity contribution in [2.45, 2.75) is 12.3 Å². The van der Waals surface area contributed by atoms with E-state index >= 15 is 0 Å². The van der Waals surface area contributed by atoms with E-state index in [1.807, 2.05) is 24.3 Å². The number of nitrogens with zero attached hydrogens (tertiary/aromatic N) is 2. The van der Waals surface area contributed by atoms with E-state index in [2.05, 4.69) is 22.0 Å². The number of rotatable bonds is 4. The standard InChI is InChI=1S/C18H21N3O2/c19-18(23)17-10-15(6-8-20-17)21-9-7-16(14(11-21)12-22)13-4-2-1-3-5-13/h1-6,8,10,14,16,22H,7,9,11-12H2,(H2,19,23)/t14-,16+/m1/s1. The van der Waals surface area contributed by atoms with Gasteiger partial charge in [0.15, 0.2) is 0 Å². The van der Waals surface area contributed by atoms with Crippen molar-refractivity contribution in [3.8, 4) is 0 Å². The van der Waals surface area contributed by atoms with Crippen molar-refractivity contribution >= 4 is 11.6 Å². The van der Waals surface area contributed by atoms with Gasteiger partial charge in [0.05, 0.1) is 0 Å². The van der Waals surface area contributed by atoms with Crippen LogP contribution in [-0.4, -0.2) is 35.7 Å². The van der Waals surface area contributed by atoms with E-state index in [1.165, 1.54) is 5.56 Å². The van der Waals surface area contributed by atoms with Crippen LogP contribution in [-0.2, 0) is 0 Å². The van der Waals surface area contributed by atoms with Crippen molar-refractivity contribution in [2.75, 3.05) is 24.6 Å². The van der Waals surface area contributed by atoms with Crippen molar-refractivity contribution in [1.82, 2.24) is 4.98 Å². The van der Waals surface area contributed by atoms with Crippen molar-refractivity contribution in [3.63, 3.8) is 0 Å². The molecule has 1 fully saturated rings. The zero-order valence-corrected chi connectivity index (χ0v) is 12.9. The minimum absolute atomic E-state index is 0.143. The number of anilines is 1. The summed E-state index contributed by atoms with van der Waals surface area (Å²) in [4.78, 5) is 17.5. The molecule has 3 rings (SSSR count). The smallest absolute Gasteiger partial charge is 0.267 e. The molecule has 1 aliphatic heterocycles. The number of aromatic nitrogens is 1. The summed E-state index contributed by atoms with van der Waals surface area (Å²) < 4.78 is 0. The molecule has 3 N–H and O–H groups in total. The Labute approximate surface area is 135 Å². The number of carbonyl (C=O) groups is 1. The van der Waals surface area contributed by atoms with Crippen molar-refractivity contribution < 1.29 is 9.90 Å². The van der Waals surface area contributed by atoms with Crippen LogP contribution in [0.15, 0.2) is 48.7 Å². The second-order valence-electron chi connectivity index (χ2n) is 5.96.